The van der Waals surface area contributed by atoms with Gasteiger partial charge in [-0.25, -0.2) is 8.96 Å². The Morgan fingerprint density at radius 2 is 1.71 bits per heavy atom. The highest BCUT2D eigenvalue weighted by Crippen LogP contribution is 2.28. The van der Waals surface area contributed by atoms with E-state index in [1.807, 2.05) is 18.2 Å². The van der Waals surface area contributed by atoms with Gasteiger partial charge in [0, 0.05) is 15.8 Å². The Kier molecular flexibility index (Phi) is 6.81. The van der Waals surface area contributed by atoms with Crippen LogP contribution in [0.1, 0.15) is 17.3 Å². The monoisotopic (exact) mass is 475 g/mol. The third-order valence-corrected chi connectivity index (χ3v) is 6.35. The lowest BCUT2D eigenvalue weighted by Crippen LogP contribution is -2.38. The minimum absolute atomic E-state index is 0.00314. The molecule has 1 amide bonds. The number of anilines is 1. The average molecular weight is 476 g/mol. The highest BCUT2D eigenvalue weighted by atomic mass is 32.1. The number of pyridine rings is 1. The molecule has 4 rings (SSSR count). The molecule has 2 N–H and O–H groups in total. The van der Waals surface area contributed by atoms with Crippen LogP contribution in [0.5, 0.6) is 0 Å². The normalized spacial score (nSPS) is 11.7. The Balaban J connectivity index is 1.83. The van der Waals surface area contributed by atoms with Crippen LogP contribution in [0.15, 0.2) is 83.0 Å². The Hall–Kier alpha value is -3.88. The van der Waals surface area contributed by atoms with Crippen LogP contribution in [-0.2, 0) is 4.79 Å². The van der Waals surface area contributed by atoms with Crippen LogP contribution in [0, 0.1) is 5.82 Å². The van der Waals surface area contributed by atoms with Crippen LogP contribution < -0.4 is 16.2 Å². The van der Waals surface area contributed by atoms with Crippen molar-refractivity contribution in [1.82, 2.24) is 9.88 Å². The molecule has 8 heteroatoms. The third-order valence-electron chi connectivity index (χ3n) is 5.40. The summed E-state index contributed by atoms with van der Waals surface area (Å²) in [4.78, 5) is 40.1. The van der Waals surface area contributed by atoms with E-state index in [1.165, 1.54) is 28.8 Å². The topological polar surface area (TPSA) is 80.2 Å². The molecule has 4 aromatic rings. The lowest BCUT2D eigenvalue weighted by atomic mass is 10.1. The first-order chi connectivity index (χ1) is 16.4. The molecule has 0 aliphatic carbocycles. The van der Waals surface area contributed by atoms with Gasteiger partial charge in [-0.1, -0.05) is 42.5 Å². The van der Waals surface area contributed by atoms with E-state index in [2.05, 4.69) is 10.6 Å². The number of halogens is 1. The number of carbonyl (C=O) groups is 2. The predicted molar refractivity (Wildman–Crippen MR) is 133 cm³/mol. The minimum atomic E-state index is -0.643. The number of hydrogen-bond acceptors (Lipinski definition) is 5. The number of rotatable bonds is 6. The van der Waals surface area contributed by atoms with Crippen LogP contribution in [0.4, 0.5) is 10.1 Å². The standard InChI is InChI=1S/C26H22FN3O3S/c1-16(28-2)24(31)29-21-11-12-22(17-7-4-3-5-8-17)30(26(21)33)25(32)19-10-6-9-18(13-19)23-14-20(27)15-34-23/h3-16,28H,1-2H3,(H,29,31). The van der Waals surface area contributed by atoms with E-state index in [0.29, 0.717) is 21.7 Å². The summed E-state index contributed by atoms with van der Waals surface area (Å²) in [6, 6.07) is 19.7. The fraction of sp³-hybridized carbons (Fsp3) is 0.115. The fourth-order valence-electron chi connectivity index (χ4n) is 3.44. The van der Waals surface area contributed by atoms with Crippen LogP contribution in [0.3, 0.4) is 0 Å². The second-order valence-corrected chi connectivity index (χ2v) is 8.56. The molecule has 0 fully saturated rings. The molecule has 0 aliphatic heterocycles. The van der Waals surface area contributed by atoms with E-state index >= 15 is 0 Å². The van der Waals surface area contributed by atoms with Crippen LogP contribution >= 0.6 is 11.3 Å². The molecule has 2 aromatic heterocycles. The molecule has 1 unspecified atom stereocenters. The number of carbonyl (C=O) groups excluding carboxylic acids is 2. The summed E-state index contributed by atoms with van der Waals surface area (Å²) in [5, 5.41) is 6.80. The molecular weight excluding hydrogens is 453 g/mol. The molecule has 0 radical (unpaired) electrons. The van der Waals surface area contributed by atoms with Gasteiger partial charge in [0.25, 0.3) is 11.5 Å². The number of nitrogens with zero attached hydrogens (tertiary/aromatic N) is 1. The SMILES string of the molecule is CNC(C)C(=O)Nc1ccc(-c2ccccc2)n(C(=O)c2cccc(-c3cc(F)cs3)c2)c1=O. The van der Waals surface area contributed by atoms with Crippen molar-refractivity contribution in [3.05, 3.63) is 99.9 Å². The summed E-state index contributed by atoms with van der Waals surface area (Å²) in [7, 11) is 1.64. The van der Waals surface area contributed by atoms with E-state index in [1.54, 1.807) is 56.4 Å². The summed E-state index contributed by atoms with van der Waals surface area (Å²) < 4.78 is 14.6. The van der Waals surface area contributed by atoms with Gasteiger partial charge < -0.3 is 10.6 Å². The zero-order valence-corrected chi connectivity index (χ0v) is 19.4. The van der Waals surface area contributed by atoms with Crippen molar-refractivity contribution < 1.29 is 14.0 Å². The van der Waals surface area contributed by atoms with Crippen molar-refractivity contribution in [2.24, 2.45) is 0 Å². The number of aromatic nitrogens is 1. The molecule has 0 aliphatic rings. The van der Waals surface area contributed by atoms with Crippen LogP contribution in [0.25, 0.3) is 21.7 Å². The van der Waals surface area contributed by atoms with Crippen molar-refractivity contribution >= 4 is 28.8 Å². The number of hydrogen-bond donors (Lipinski definition) is 2. The van der Waals surface area contributed by atoms with Gasteiger partial charge in [0.15, 0.2) is 0 Å². The first-order valence-electron chi connectivity index (χ1n) is 10.6. The van der Waals surface area contributed by atoms with Gasteiger partial charge in [-0.15, -0.1) is 11.3 Å². The Labute approximate surface area is 199 Å². The van der Waals surface area contributed by atoms with Gasteiger partial charge in [0.2, 0.25) is 5.91 Å². The van der Waals surface area contributed by atoms with Gasteiger partial charge >= 0.3 is 0 Å². The number of benzene rings is 2. The fourth-order valence-corrected chi connectivity index (χ4v) is 4.19. The van der Waals surface area contributed by atoms with E-state index in [-0.39, 0.29) is 17.1 Å². The molecule has 34 heavy (non-hydrogen) atoms. The number of likely N-dealkylation sites (N-methyl/N-ethyl adjacent to an activating group) is 1. The molecule has 172 valence electrons. The zero-order chi connectivity index (χ0) is 24.2. The first kappa shape index (κ1) is 23.3. The average Bonchev–Trinajstić information content (AvgIpc) is 3.31. The summed E-state index contributed by atoms with van der Waals surface area (Å²) in [6.07, 6.45) is 0. The number of thiophene rings is 1. The predicted octanol–water partition coefficient (Wildman–Crippen LogP) is 4.62. The lowest BCUT2D eigenvalue weighted by Gasteiger charge is -2.16. The van der Waals surface area contributed by atoms with E-state index in [0.717, 1.165) is 4.57 Å². The second-order valence-electron chi connectivity index (χ2n) is 7.65. The summed E-state index contributed by atoms with van der Waals surface area (Å²) in [6.45, 7) is 1.66. The molecule has 0 saturated heterocycles. The van der Waals surface area contributed by atoms with Crippen LogP contribution in [0.2, 0.25) is 0 Å². The summed E-state index contributed by atoms with van der Waals surface area (Å²) >= 11 is 1.23. The quantitative estimate of drug-likeness (QED) is 0.427. The van der Waals surface area contributed by atoms with Gasteiger partial charge in [-0.3, -0.25) is 14.4 Å². The molecule has 2 heterocycles. The smallest absolute Gasteiger partial charge is 0.281 e. The van der Waals surface area contributed by atoms with Gasteiger partial charge in [0.1, 0.15) is 11.5 Å². The maximum Gasteiger partial charge on any atom is 0.281 e. The Morgan fingerprint density at radius 3 is 2.38 bits per heavy atom. The Morgan fingerprint density at radius 1 is 0.971 bits per heavy atom. The number of amides is 1. The molecule has 0 bridgehead atoms. The number of nitrogens with one attached hydrogen (secondary N) is 2. The van der Waals surface area contributed by atoms with Crippen molar-refractivity contribution in [2.45, 2.75) is 13.0 Å². The molecule has 0 saturated carbocycles. The van der Waals surface area contributed by atoms with E-state index < -0.39 is 23.4 Å². The van der Waals surface area contributed by atoms with Gasteiger partial charge in [-0.2, -0.15) is 0 Å². The van der Waals surface area contributed by atoms with Crippen molar-refractivity contribution in [3.8, 4) is 21.7 Å². The molecule has 1 atom stereocenters. The van der Waals surface area contributed by atoms with Crippen molar-refractivity contribution in [1.29, 1.82) is 0 Å². The van der Waals surface area contributed by atoms with Gasteiger partial charge in [-0.05, 0) is 55.4 Å². The minimum Gasteiger partial charge on any atom is -0.320 e. The molecule has 6 nitrogen and oxygen atoms in total. The van der Waals surface area contributed by atoms with E-state index in [4.69, 9.17) is 0 Å². The summed E-state index contributed by atoms with van der Waals surface area (Å²) in [5.74, 6) is -1.30. The van der Waals surface area contributed by atoms with Gasteiger partial charge in [0.05, 0.1) is 11.7 Å². The highest BCUT2D eigenvalue weighted by molar-refractivity contribution is 7.13. The third kappa shape index (κ3) is 4.73. The maximum atomic E-state index is 13.6. The highest BCUT2D eigenvalue weighted by Gasteiger charge is 2.21. The first-order valence-corrected chi connectivity index (χ1v) is 11.5. The lowest BCUT2D eigenvalue weighted by molar-refractivity contribution is -0.117. The van der Waals surface area contributed by atoms with Crippen molar-refractivity contribution in [3.63, 3.8) is 0 Å². The van der Waals surface area contributed by atoms with E-state index in [9.17, 15) is 18.8 Å². The zero-order valence-electron chi connectivity index (χ0n) is 18.5. The summed E-state index contributed by atoms with van der Waals surface area (Å²) in [5.41, 5.74) is 1.35. The molecule has 0 spiro atoms. The van der Waals surface area contributed by atoms with Crippen molar-refractivity contribution in [2.75, 3.05) is 12.4 Å². The van der Waals surface area contributed by atoms with Crippen LogP contribution in [-0.4, -0.2) is 29.5 Å². The molecular formula is C26H22FN3O3S. The Bertz CT molecular complexity index is 1410. The largest absolute Gasteiger partial charge is 0.320 e. The second kappa shape index (κ2) is 9.94. The molecule has 2 aromatic carbocycles. The maximum absolute atomic E-state index is 13.6.